The van der Waals surface area contributed by atoms with Crippen molar-refractivity contribution in [3.8, 4) is 5.75 Å². The van der Waals surface area contributed by atoms with Crippen LogP contribution in [0.15, 0.2) is 42.5 Å². The van der Waals surface area contributed by atoms with E-state index < -0.39 is 0 Å². The summed E-state index contributed by atoms with van der Waals surface area (Å²) in [5, 5.41) is 3.42. The van der Waals surface area contributed by atoms with Crippen LogP contribution in [-0.4, -0.2) is 7.11 Å². The van der Waals surface area contributed by atoms with Gasteiger partial charge in [-0.1, -0.05) is 24.3 Å². The summed E-state index contributed by atoms with van der Waals surface area (Å²) in [5.41, 5.74) is 4.93. The Bertz CT molecular complexity index is 534. The van der Waals surface area contributed by atoms with E-state index in [0.717, 1.165) is 18.0 Å². The Balaban J connectivity index is 2.09. The summed E-state index contributed by atoms with van der Waals surface area (Å²) in [6.07, 6.45) is 0. The van der Waals surface area contributed by atoms with Crippen LogP contribution in [0.5, 0.6) is 5.75 Å². The van der Waals surface area contributed by atoms with Gasteiger partial charge in [0.2, 0.25) is 0 Å². The molecule has 0 spiro atoms. The molecule has 0 aliphatic rings. The summed E-state index contributed by atoms with van der Waals surface area (Å²) < 4.78 is 5.34. The largest absolute Gasteiger partial charge is 0.496 e. The first-order valence-electron chi connectivity index (χ1n) is 6.13. The lowest BCUT2D eigenvalue weighted by atomic mass is 10.1. The Morgan fingerprint density at radius 3 is 2.50 bits per heavy atom. The molecule has 0 aromatic heterocycles. The molecular weight excluding hydrogens is 222 g/mol. The summed E-state index contributed by atoms with van der Waals surface area (Å²) in [5.74, 6) is 0.925. The van der Waals surface area contributed by atoms with Crippen LogP contribution in [0.25, 0.3) is 0 Å². The van der Waals surface area contributed by atoms with Crippen molar-refractivity contribution < 1.29 is 4.74 Å². The Kier molecular flexibility index (Phi) is 3.88. The maximum Gasteiger partial charge on any atom is 0.123 e. The molecule has 0 unspecified atom stereocenters. The molecule has 0 amide bonds. The highest BCUT2D eigenvalue weighted by Gasteiger charge is 2.01. The fourth-order valence-electron chi connectivity index (χ4n) is 1.90. The molecule has 18 heavy (non-hydrogen) atoms. The van der Waals surface area contributed by atoms with E-state index >= 15 is 0 Å². The molecule has 0 aliphatic carbocycles. The lowest BCUT2D eigenvalue weighted by molar-refractivity contribution is 0.410. The maximum atomic E-state index is 5.34. The predicted octanol–water partition coefficient (Wildman–Crippen LogP) is 3.92. The van der Waals surface area contributed by atoms with Gasteiger partial charge in [0, 0.05) is 17.8 Å². The molecule has 0 radical (unpaired) electrons. The van der Waals surface area contributed by atoms with Gasteiger partial charge in [-0.3, -0.25) is 0 Å². The highest BCUT2D eigenvalue weighted by atomic mass is 16.5. The zero-order chi connectivity index (χ0) is 13.0. The minimum atomic E-state index is 0.770. The van der Waals surface area contributed by atoms with Crippen LogP contribution in [0.1, 0.15) is 16.7 Å². The Morgan fingerprint density at radius 2 is 1.78 bits per heavy atom. The minimum absolute atomic E-state index is 0.770. The van der Waals surface area contributed by atoms with Gasteiger partial charge in [-0.2, -0.15) is 0 Å². The zero-order valence-corrected chi connectivity index (χ0v) is 11.2. The number of nitrogens with one attached hydrogen (secondary N) is 1. The molecule has 1 N–H and O–H groups in total. The molecule has 0 aliphatic heterocycles. The number of hydrogen-bond donors (Lipinski definition) is 1. The number of hydrogen-bond acceptors (Lipinski definition) is 2. The van der Waals surface area contributed by atoms with Crippen LogP contribution in [0.3, 0.4) is 0 Å². The molecule has 2 heteroatoms. The topological polar surface area (TPSA) is 21.3 Å². The Morgan fingerprint density at radius 1 is 1.00 bits per heavy atom. The molecule has 0 bridgehead atoms. The van der Waals surface area contributed by atoms with Gasteiger partial charge in [-0.05, 0) is 43.2 Å². The Labute approximate surface area is 109 Å². The third-order valence-electron chi connectivity index (χ3n) is 3.18. The van der Waals surface area contributed by atoms with Crippen molar-refractivity contribution in [2.75, 3.05) is 12.4 Å². The smallest absolute Gasteiger partial charge is 0.123 e. The molecule has 2 nitrogen and oxygen atoms in total. The van der Waals surface area contributed by atoms with Crippen LogP contribution in [-0.2, 0) is 6.54 Å². The molecule has 2 rings (SSSR count). The van der Waals surface area contributed by atoms with Crippen molar-refractivity contribution in [1.29, 1.82) is 0 Å². The molecule has 2 aromatic carbocycles. The number of rotatable bonds is 4. The van der Waals surface area contributed by atoms with Crippen molar-refractivity contribution in [2.45, 2.75) is 20.4 Å². The molecule has 0 atom stereocenters. The third kappa shape index (κ3) is 2.83. The van der Waals surface area contributed by atoms with Crippen LogP contribution >= 0.6 is 0 Å². The quantitative estimate of drug-likeness (QED) is 0.875. The second kappa shape index (κ2) is 5.58. The number of benzene rings is 2. The van der Waals surface area contributed by atoms with E-state index in [1.54, 1.807) is 7.11 Å². The van der Waals surface area contributed by atoms with Crippen molar-refractivity contribution in [3.05, 3.63) is 59.2 Å². The monoisotopic (exact) mass is 241 g/mol. The molecular formula is C16H19NO. The van der Waals surface area contributed by atoms with Crippen LogP contribution < -0.4 is 10.1 Å². The van der Waals surface area contributed by atoms with Gasteiger partial charge in [0.15, 0.2) is 0 Å². The fourth-order valence-corrected chi connectivity index (χ4v) is 1.90. The summed E-state index contributed by atoms with van der Waals surface area (Å²) in [6, 6.07) is 14.5. The summed E-state index contributed by atoms with van der Waals surface area (Å²) in [4.78, 5) is 0. The van der Waals surface area contributed by atoms with E-state index in [9.17, 15) is 0 Å². The van der Waals surface area contributed by atoms with E-state index in [-0.39, 0.29) is 0 Å². The van der Waals surface area contributed by atoms with Gasteiger partial charge >= 0.3 is 0 Å². The molecule has 94 valence electrons. The van der Waals surface area contributed by atoms with E-state index in [4.69, 9.17) is 4.74 Å². The van der Waals surface area contributed by atoms with Crippen LogP contribution in [0.4, 0.5) is 5.69 Å². The highest BCUT2D eigenvalue weighted by Crippen LogP contribution is 2.20. The molecule has 0 heterocycles. The number of para-hydroxylation sites is 1. The van der Waals surface area contributed by atoms with Crippen molar-refractivity contribution >= 4 is 5.69 Å². The van der Waals surface area contributed by atoms with Gasteiger partial charge in [0.25, 0.3) is 0 Å². The molecule has 0 saturated heterocycles. The lowest BCUT2D eigenvalue weighted by Crippen LogP contribution is -2.01. The number of ether oxygens (including phenoxy) is 1. The molecule has 0 saturated carbocycles. The summed E-state index contributed by atoms with van der Waals surface area (Å²) in [6.45, 7) is 5.02. The Hall–Kier alpha value is -1.96. The van der Waals surface area contributed by atoms with Gasteiger partial charge in [0.1, 0.15) is 5.75 Å². The van der Waals surface area contributed by atoms with Gasteiger partial charge in [0.05, 0.1) is 7.11 Å². The number of aryl methyl sites for hydroxylation is 2. The van der Waals surface area contributed by atoms with E-state index in [2.05, 4.69) is 43.4 Å². The van der Waals surface area contributed by atoms with Crippen molar-refractivity contribution in [2.24, 2.45) is 0 Å². The van der Waals surface area contributed by atoms with Gasteiger partial charge in [-0.25, -0.2) is 0 Å². The average Bonchev–Trinajstić information content (AvgIpc) is 2.40. The second-order valence-corrected chi connectivity index (χ2v) is 4.46. The highest BCUT2D eigenvalue weighted by molar-refractivity contribution is 5.49. The fraction of sp³-hybridized carbons (Fsp3) is 0.250. The maximum absolute atomic E-state index is 5.34. The van der Waals surface area contributed by atoms with Crippen LogP contribution in [0, 0.1) is 13.8 Å². The van der Waals surface area contributed by atoms with E-state index in [1.165, 1.54) is 16.7 Å². The number of methoxy groups -OCH3 is 1. The summed E-state index contributed by atoms with van der Waals surface area (Å²) in [7, 11) is 1.70. The summed E-state index contributed by atoms with van der Waals surface area (Å²) >= 11 is 0. The van der Waals surface area contributed by atoms with Crippen molar-refractivity contribution in [1.82, 2.24) is 0 Å². The van der Waals surface area contributed by atoms with Crippen molar-refractivity contribution in [3.63, 3.8) is 0 Å². The standard InChI is InChI=1S/C16H19NO/c1-12-8-9-15(10-13(12)2)17-11-14-6-4-5-7-16(14)18-3/h4-10,17H,11H2,1-3H3. The van der Waals surface area contributed by atoms with Gasteiger partial charge in [-0.15, -0.1) is 0 Å². The zero-order valence-electron chi connectivity index (χ0n) is 11.2. The number of anilines is 1. The SMILES string of the molecule is COc1ccccc1CNc1ccc(C)c(C)c1. The lowest BCUT2D eigenvalue weighted by Gasteiger charge is -2.11. The first-order chi connectivity index (χ1) is 8.70. The molecule has 2 aromatic rings. The second-order valence-electron chi connectivity index (χ2n) is 4.46. The van der Waals surface area contributed by atoms with Crippen LogP contribution in [0.2, 0.25) is 0 Å². The van der Waals surface area contributed by atoms with E-state index in [0.29, 0.717) is 0 Å². The third-order valence-corrected chi connectivity index (χ3v) is 3.18. The van der Waals surface area contributed by atoms with Gasteiger partial charge < -0.3 is 10.1 Å². The normalized spacial score (nSPS) is 10.2. The minimum Gasteiger partial charge on any atom is -0.496 e. The first-order valence-corrected chi connectivity index (χ1v) is 6.13. The molecule has 0 fully saturated rings. The van der Waals surface area contributed by atoms with E-state index in [1.807, 2.05) is 18.2 Å². The predicted molar refractivity (Wildman–Crippen MR) is 76.2 cm³/mol. The first kappa shape index (κ1) is 12.5. The average molecular weight is 241 g/mol.